The number of nitrogens with zero attached hydrogens (tertiary/aromatic N) is 2. The number of aromatic amines is 1. The van der Waals surface area contributed by atoms with Gasteiger partial charge in [-0.15, -0.1) is 0 Å². The summed E-state index contributed by atoms with van der Waals surface area (Å²) in [4.78, 5) is 8.54. The maximum absolute atomic E-state index is 11.8. The SMILES string of the molecule is CN(CCNS(=O)(=O)c1cnc[nH]1)C1CCCC1. The van der Waals surface area contributed by atoms with E-state index in [1.807, 2.05) is 0 Å². The third-order valence-corrected chi connectivity index (χ3v) is 4.85. The Morgan fingerprint density at radius 3 is 2.83 bits per heavy atom. The first-order valence-corrected chi connectivity index (χ1v) is 7.76. The fourth-order valence-electron chi connectivity index (χ4n) is 2.35. The molecule has 0 unspecified atom stereocenters. The monoisotopic (exact) mass is 272 g/mol. The number of imidazole rings is 1. The summed E-state index contributed by atoms with van der Waals surface area (Å²) in [5.74, 6) is 0. The van der Waals surface area contributed by atoms with Crippen molar-refractivity contribution in [3.8, 4) is 0 Å². The summed E-state index contributed by atoms with van der Waals surface area (Å²) >= 11 is 0. The molecule has 2 N–H and O–H groups in total. The smallest absolute Gasteiger partial charge is 0.257 e. The summed E-state index contributed by atoms with van der Waals surface area (Å²) in [6, 6.07) is 0.613. The van der Waals surface area contributed by atoms with E-state index in [0.717, 1.165) is 6.54 Å². The van der Waals surface area contributed by atoms with Gasteiger partial charge in [-0.05, 0) is 19.9 Å². The highest BCUT2D eigenvalue weighted by Gasteiger charge is 2.20. The first-order chi connectivity index (χ1) is 8.59. The number of aromatic nitrogens is 2. The van der Waals surface area contributed by atoms with Crippen molar-refractivity contribution in [2.75, 3.05) is 20.1 Å². The van der Waals surface area contributed by atoms with Gasteiger partial charge in [-0.2, -0.15) is 0 Å². The average molecular weight is 272 g/mol. The minimum Gasteiger partial charge on any atom is -0.335 e. The van der Waals surface area contributed by atoms with Gasteiger partial charge in [0.2, 0.25) is 0 Å². The lowest BCUT2D eigenvalue weighted by Crippen LogP contribution is -2.37. The van der Waals surface area contributed by atoms with Gasteiger partial charge in [0.1, 0.15) is 0 Å². The molecule has 0 spiro atoms. The molecule has 0 atom stereocenters. The Balaban J connectivity index is 1.78. The van der Waals surface area contributed by atoms with Crippen LogP contribution in [0, 0.1) is 0 Å². The highest BCUT2D eigenvalue weighted by Crippen LogP contribution is 2.21. The number of nitrogens with one attached hydrogen (secondary N) is 2. The number of hydrogen-bond donors (Lipinski definition) is 2. The Hall–Kier alpha value is -0.920. The van der Waals surface area contributed by atoms with Gasteiger partial charge < -0.3 is 9.88 Å². The van der Waals surface area contributed by atoms with Gasteiger partial charge in [0, 0.05) is 19.1 Å². The maximum atomic E-state index is 11.8. The highest BCUT2D eigenvalue weighted by molar-refractivity contribution is 7.89. The average Bonchev–Trinajstić information content (AvgIpc) is 3.02. The van der Waals surface area contributed by atoms with Crippen molar-refractivity contribution in [2.24, 2.45) is 0 Å². The van der Waals surface area contributed by atoms with Crippen molar-refractivity contribution in [3.05, 3.63) is 12.5 Å². The molecule has 2 rings (SSSR count). The Bertz CT molecular complexity index is 451. The van der Waals surface area contributed by atoms with Gasteiger partial charge in [-0.3, -0.25) is 0 Å². The van der Waals surface area contributed by atoms with E-state index in [1.165, 1.54) is 38.2 Å². The van der Waals surface area contributed by atoms with Crippen molar-refractivity contribution in [2.45, 2.75) is 36.8 Å². The third-order valence-electron chi connectivity index (χ3n) is 3.47. The molecule has 1 fully saturated rings. The summed E-state index contributed by atoms with van der Waals surface area (Å²) in [5.41, 5.74) is 0. The summed E-state index contributed by atoms with van der Waals surface area (Å²) < 4.78 is 26.2. The Morgan fingerprint density at radius 2 is 2.22 bits per heavy atom. The molecule has 0 aromatic carbocycles. The van der Waals surface area contributed by atoms with E-state index in [0.29, 0.717) is 12.6 Å². The second kappa shape index (κ2) is 5.81. The second-order valence-corrected chi connectivity index (χ2v) is 6.47. The molecule has 1 aliphatic carbocycles. The van der Waals surface area contributed by atoms with Crippen LogP contribution in [0.15, 0.2) is 17.6 Å². The van der Waals surface area contributed by atoms with Crippen LogP contribution in [-0.4, -0.2) is 49.5 Å². The van der Waals surface area contributed by atoms with Gasteiger partial charge in [0.05, 0.1) is 12.5 Å². The highest BCUT2D eigenvalue weighted by atomic mass is 32.2. The lowest BCUT2D eigenvalue weighted by Gasteiger charge is -2.23. The fourth-order valence-corrected chi connectivity index (χ4v) is 3.27. The van der Waals surface area contributed by atoms with E-state index in [9.17, 15) is 8.42 Å². The Labute approximate surface area is 108 Å². The topological polar surface area (TPSA) is 78.1 Å². The zero-order valence-electron chi connectivity index (χ0n) is 10.6. The minimum atomic E-state index is -3.43. The number of H-pyrrole nitrogens is 1. The van der Waals surface area contributed by atoms with Crippen LogP contribution in [0.1, 0.15) is 25.7 Å². The molecule has 7 heteroatoms. The van der Waals surface area contributed by atoms with Crippen molar-refractivity contribution in [1.29, 1.82) is 0 Å². The standard InChI is InChI=1S/C11H20N4O2S/c1-15(10-4-2-3-5-10)7-6-14-18(16,17)11-8-12-9-13-11/h8-10,14H,2-7H2,1H3,(H,12,13). The fraction of sp³-hybridized carbons (Fsp3) is 0.727. The molecule has 6 nitrogen and oxygen atoms in total. The molecule has 102 valence electrons. The van der Waals surface area contributed by atoms with Crippen molar-refractivity contribution in [1.82, 2.24) is 19.6 Å². The maximum Gasteiger partial charge on any atom is 0.257 e. The molecule has 0 radical (unpaired) electrons. The molecule has 0 amide bonds. The van der Waals surface area contributed by atoms with Crippen LogP contribution in [0.5, 0.6) is 0 Å². The summed E-state index contributed by atoms with van der Waals surface area (Å²) in [5, 5.41) is 0.117. The predicted molar refractivity (Wildman–Crippen MR) is 68.7 cm³/mol. The van der Waals surface area contributed by atoms with E-state index in [-0.39, 0.29) is 5.03 Å². The largest absolute Gasteiger partial charge is 0.335 e. The molecular formula is C11H20N4O2S. The molecule has 1 heterocycles. The first kappa shape index (κ1) is 13.5. The quantitative estimate of drug-likeness (QED) is 0.793. The summed E-state index contributed by atoms with van der Waals surface area (Å²) in [6.07, 6.45) is 7.69. The van der Waals surface area contributed by atoms with Gasteiger partial charge >= 0.3 is 0 Å². The van der Waals surface area contributed by atoms with Gasteiger partial charge in [-0.25, -0.2) is 18.1 Å². The van der Waals surface area contributed by atoms with E-state index in [4.69, 9.17) is 0 Å². The van der Waals surface area contributed by atoms with Crippen molar-refractivity contribution < 1.29 is 8.42 Å². The number of sulfonamides is 1. The van der Waals surface area contributed by atoms with Crippen LogP contribution in [0.3, 0.4) is 0 Å². The molecule has 0 aliphatic heterocycles. The van der Waals surface area contributed by atoms with Crippen LogP contribution in [-0.2, 0) is 10.0 Å². The lowest BCUT2D eigenvalue weighted by atomic mass is 10.2. The molecular weight excluding hydrogens is 252 g/mol. The van der Waals surface area contributed by atoms with Gasteiger partial charge in [0.15, 0.2) is 5.03 Å². The zero-order valence-corrected chi connectivity index (χ0v) is 11.4. The summed E-state index contributed by atoms with van der Waals surface area (Å²) in [7, 11) is -1.37. The van der Waals surface area contributed by atoms with Gasteiger partial charge in [0.25, 0.3) is 10.0 Å². The molecule has 18 heavy (non-hydrogen) atoms. The zero-order chi connectivity index (χ0) is 13.0. The van der Waals surface area contributed by atoms with E-state index in [2.05, 4.69) is 26.6 Å². The first-order valence-electron chi connectivity index (χ1n) is 6.28. The van der Waals surface area contributed by atoms with Crippen LogP contribution in [0.4, 0.5) is 0 Å². The van der Waals surface area contributed by atoms with Crippen LogP contribution in [0.25, 0.3) is 0 Å². The minimum absolute atomic E-state index is 0.117. The number of hydrogen-bond acceptors (Lipinski definition) is 4. The molecule has 1 aromatic heterocycles. The second-order valence-electron chi connectivity index (χ2n) is 4.73. The number of likely N-dealkylation sites (N-methyl/N-ethyl adjacent to an activating group) is 1. The van der Waals surface area contributed by atoms with Crippen molar-refractivity contribution in [3.63, 3.8) is 0 Å². The van der Waals surface area contributed by atoms with E-state index >= 15 is 0 Å². The van der Waals surface area contributed by atoms with Crippen LogP contribution in [0.2, 0.25) is 0 Å². The molecule has 0 saturated heterocycles. The molecule has 1 aliphatic rings. The molecule has 1 saturated carbocycles. The molecule has 1 aromatic rings. The van der Waals surface area contributed by atoms with Gasteiger partial charge in [-0.1, -0.05) is 12.8 Å². The Morgan fingerprint density at radius 1 is 1.50 bits per heavy atom. The summed E-state index contributed by atoms with van der Waals surface area (Å²) in [6.45, 7) is 1.16. The van der Waals surface area contributed by atoms with Crippen LogP contribution < -0.4 is 4.72 Å². The normalized spacial score (nSPS) is 17.7. The molecule has 0 bridgehead atoms. The third kappa shape index (κ3) is 3.30. The van der Waals surface area contributed by atoms with Crippen LogP contribution >= 0.6 is 0 Å². The van der Waals surface area contributed by atoms with Crippen molar-refractivity contribution >= 4 is 10.0 Å². The lowest BCUT2D eigenvalue weighted by molar-refractivity contribution is 0.250. The Kier molecular flexibility index (Phi) is 4.36. The number of rotatable bonds is 6. The van der Waals surface area contributed by atoms with E-state index in [1.54, 1.807) is 0 Å². The van der Waals surface area contributed by atoms with E-state index < -0.39 is 10.0 Å². The predicted octanol–water partition coefficient (Wildman–Crippen LogP) is 0.562.